The fraction of sp³-hybridized carbons (Fsp3) is 0.333. The first kappa shape index (κ1) is 10.6. The van der Waals surface area contributed by atoms with Crippen LogP contribution in [-0.2, 0) is 4.74 Å². The molecule has 0 aromatic heterocycles. The number of nitrogens with two attached hydrogens (primary N) is 2. The molecule has 1 aromatic rings. The molecular formula is C9H15N3O2. The molecule has 78 valence electrons. The van der Waals surface area contributed by atoms with Gasteiger partial charge in [0.15, 0.2) is 0 Å². The van der Waals surface area contributed by atoms with Gasteiger partial charge in [0.2, 0.25) is 0 Å². The second-order valence-corrected chi connectivity index (χ2v) is 2.70. The van der Waals surface area contributed by atoms with E-state index in [1.165, 1.54) is 0 Å². The molecule has 0 amide bonds. The minimum Gasteiger partial charge on any atom is -0.489 e. The summed E-state index contributed by atoms with van der Waals surface area (Å²) in [6.45, 7) is 0.994. The summed E-state index contributed by atoms with van der Waals surface area (Å²) in [4.78, 5) is 0. The molecule has 0 aliphatic carbocycles. The monoisotopic (exact) mass is 197 g/mol. The van der Waals surface area contributed by atoms with Gasteiger partial charge in [-0.2, -0.15) is 0 Å². The van der Waals surface area contributed by atoms with Gasteiger partial charge >= 0.3 is 0 Å². The molecule has 14 heavy (non-hydrogen) atoms. The van der Waals surface area contributed by atoms with Gasteiger partial charge in [0, 0.05) is 7.11 Å². The Morgan fingerprint density at radius 2 is 2.14 bits per heavy atom. The molecule has 0 atom stereocenters. The second kappa shape index (κ2) is 5.31. The van der Waals surface area contributed by atoms with E-state index in [1.54, 1.807) is 19.2 Å². The summed E-state index contributed by atoms with van der Waals surface area (Å²) in [6.07, 6.45) is 0. The molecule has 0 radical (unpaired) electrons. The molecule has 1 aromatic carbocycles. The average molecular weight is 197 g/mol. The van der Waals surface area contributed by atoms with Crippen LogP contribution in [0.2, 0.25) is 0 Å². The van der Waals surface area contributed by atoms with Crippen LogP contribution in [0.5, 0.6) is 5.75 Å². The average Bonchev–Trinajstić information content (AvgIpc) is 2.21. The summed E-state index contributed by atoms with van der Waals surface area (Å²) in [5.74, 6) is 5.87. The molecular weight excluding hydrogens is 182 g/mol. The van der Waals surface area contributed by atoms with Crippen molar-refractivity contribution in [1.82, 2.24) is 0 Å². The fourth-order valence-corrected chi connectivity index (χ4v) is 1.03. The summed E-state index contributed by atoms with van der Waals surface area (Å²) < 4.78 is 10.2. The number of hydrogen-bond acceptors (Lipinski definition) is 5. The Bertz CT molecular complexity index is 291. The smallest absolute Gasteiger partial charge is 0.144 e. The molecule has 5 nitrogen and oxygen atoms in total. The van der Waals surface area contributed by atoms with Crippen molar-refractivity contribution in [3.05, 3.63) is 18.2 Å². The molecule has 0 spiro atoms. The topological polar surface area (TPSA) is 82.5 Å². The third-order valence-corrected chi connectivity index (χ3v) is 1.77. The van der Waals surface area contributed by atoms with Crippen molar-refractivity contribution in [3.63, 3.8) is 0 Å². The number of methoxy groups -OCH3 is 1. The molecule has 5 heteroatoms. The number of rotatable bonds is 5. The summed E-state index contributed by atoms with van der Waals surface area (Å²) in [6, 6.07) is 5.37. The van der Waals surface area contributed by atoms with Gasteiger partial charge in [-0.15, -0.1) is 0 Å². The highest BCUT2D eigenvalue weighted by Gasteiger charge is 2.03. The van der Waals surface area contributed by atoms with Crippen molar-refractivity contribution >= 4 is 11.4 Å². The van der Waals surface area contributed by atoms with Crippen LogP contribution in [0.15, 0.2) is 18.2 Å². The highest BCUT2D eigenvalue weighted by atomic mass is 16.5. The Morgan fingerprint density at radius 3 is 2.79 bits per heavy atom. The molecule has 0 saturated carbocycles. The summed E-state index contributed by atoms with van der Waals surface area (Å²) in [5.41, 5.74) is 9.42. The predicted molar refractivity (Wildman–Crippen MR) is 56.0 cm³/mol. The maximum Gasteiger partial charge on any atom is 0.144 e. The van der Waals surface area contributed by atoms with Crippen molar-refractivity contribution < 1.29 is 9.47 Å². The molecule has 0 fully saturated rings. The lowest BCUT2D eigenvalue weighted by molar-refractivity contribution is 0.147. The number of ether oxygens (including phenoxy) is 2. The Hall–Kier alpha value is -1.46. The first-order valence-electron chi connectivity index (χ1n) is 4.26. The zero-order valence-corrected chi connectivity index (χ0v) is 8.12. The molecule has 5 N–H and O–H groups in total. The summed E-state index contributed by atoms with van der Waals surface area (Å²) in [7, 11) is 1.62. The summed E-state index contributed by atoms with van der Waals surface area (Å²) >= 11 is 0. The number of nitrogens with one attached hydrogen (secondary N) is 1. The standard InChI is InChI=1S/C9H15N3O2/c1-13-5-6-14-8-4-2-3-7(12-11)9(8)10/h2-4,12H,5-6,10-11H2,1H3. The lowest BCUT2D eigenvalue weighted by atomic mass is 10.2. The van der Waals surface area contributed by atoms with Crippen LogP contribution in [0.1, 0.15) is 0 Å². The maximum absolute atomic E-state index is 5.77. The zero-order valence-electron chi connectivity index (χ0n) is 8.12. The molecule has 0 bridgehead atoms. The van der Waals surface area contributed by atoms with Gasteiger partial charge < -0.3 is 20.6 Å². The Morgan fingerprint density at radius 1 is 1.36 bits per heavy atom. The Balaban J connectivity index is 2.66. The lowest BCUT2D eigenvalue weighted by Crippen LogP contribution is -2.11. The number of anilines is 2. The van der Waals surface area contributed by atoms with Gasteiger partial charge in [-0.05, 0) is 12.1 Å². The van der Waals surface area contributed by atoms with E-state index in [2.05, 4.69) is 5.43 Å². The first-order chi connectivity index (χ1) is 6.79. The first-order valence-corrected chi connectivity index (χ1v) is 4.26. The van der Waals surface area contributed by atoms with Crippen molar-refractivity contribution in [2.75, 3.05) is 31.5 Å². The molecule has 0 unspecified atom stereocenters. The number of para-hydroxylation sites is 1. The Labute approximate surface area is 83.0 Å². The van der Waals surface area contributed by atoms with E-state index < -0.39 is 0 Å². The highest BCUT2D eigenvalue weighted by molar-refractivity contribution is 5.72. The van der Waals surface area contributed by atoms with E-state index in [-0.39, 0.29) is 0 Å². The van der Waals surface area contributed by atoms with Gasteiger partial charge in [0.1, 0.15) is 12.4 Å². The molecule has 0 aliphatic rings. The third kappa shape index (κ3) is 2.51. The number of nitrogen functional groups attached to an aromatic ring is 2. The molecule has 0 aliphatic heterocycles. The van der Waals surface area contributed by atoms with Gasteiger partial charge in [0.25, 0.3) is 0 Å². The van der Waals surface area contributed by atoms with E-state index in [9.17, 15) is 0 Å². The largest absolute Gasteiger partial charge is 0.489 e. The van der Waals surface area contributed by atoms with Gasteiger partial charge in [-0.3, -0.25) is 5.84 Å². The van der Waals surface area contributed by atoms with Crippen LogP contribution >= 0.6 is 0 Å². The van der Waals surface area contributed by atoms with Crippen LogP contribution < -0.4 is 21.7 Å². The minimum absolute atomic E-state index is 0.467. The second-order valence-electron chi connectivity index (χ2n) is 2.70. The van der Waals surface area contributed by atoms with Crippen molar-refractivity contribution in [3.8, 4) is 5.75 Å². The third-order valence-electron chi connectivity index (χ3n) is 1.77. The minimum atomic E-state index is 0.467. The molecule has 1 rings (SSSR count). The lowest BCUT2D eigenvalue weighted by Gasteiger charge is -2.11. The zero-order chi connectivity index (χ0) is 10.4. The van der Waals surface area contributed by atoms with E-state index in [0.29, 0.717) is 30.3 Å². The van der Waals surface area contributed by atoms with Crippen molar-refractivity contribution in [1.29, 1.82) is 0 Å². The van der Waals surface area contributed by atoms with Gasteiger partial charge in [-0.1, -0.05) is 6.07 Å². The van der Waals surface area contributed by atoms with Crippen LogP contribution in [0, 0.1) is 0 Å². The SMILES string of the molecule is COCCOc1cccc(NN)c1N. The van der Waals surface area contributed by atoms with Gasteiger partial charge in [-0.25, -0.2) is 0 Å². The quantitative estimate of drug-likeness (QED) is 0.278. The number of hydrazine groups is 1. The molecule has 0 saturated heterocycles. The predicted octanol–water partition coefficient (Wildman–Crippen LogP) is 0.580. The van der Waals surface area contributed by atoms with E-state index in [0.717, 1.165) is 0 Å². The molecule has 0 heterocycles. The van der Waals surface area contributed by atoms with E-state index in [1.807, 2.05) is 6.07 Å². The van der Waals surface area contributed by atoms with Gasteiger partial charge in [0.05, 0.1) is 18.0 Å². The highest BCUT2D eigenvalue weighted by Crippen LogP contribution is 2.28. The van der Waals surface area contributed by atoms with Crippen LogP contribution in [0.4, 0.5) is 11.4 Å². The normalized spacial score (nSPS) is 9.86. The maximum atomic E-state index is 5.77. The van der Waals surface area contributed by atoms with Crippen LogP contribution in [0.25, 0.3) is 0 Å². The Kier molecular flexibility index (Phi) is 4.03. The fourth-order valence-electron chi connectivity index (χ4n) is 1.03. The van der Waals surface area contributed by atoms with Crippen LogP contribution in [0.3, 0.4) is 0 Å². The van der Waals surface area contributed by atoms with Crippen molar-refractivity contribution in [2.45, 2.75) is 0 Å². The van der Waals surface area contributed by atoms with Crippen molar-refractivity contribution in [2.24, 2.45) is 5.84 Å². The number of benzene rings is 1. The number of hydrogen-bond donors (Lipinski definition) is 3. The summed E-state index contributed by atoms with van der Waals surface area (Å²) in [5, 5.41) is 0. The van der Waals surface area contributed by atoms with E-state index >= 15 is 0 Å². The van der Waals surface area contributed by atoms with E-state index in [4.69, 9.17) is 21.1 Å². The van der Waals surface area contributed by atoms with Crippen LogP contribution in [-0.4, -0.2) is 20.3 Å².